The maximum Gasteiger partial charge on any atom is 0.339 e. The van der Waals surface area contributed by atoms with Gasteiger partial charge in [-0.1, -0.05) is 32.6 Å². The third-order valence-electron chi connectivity index (χ3n) is 1.07. The number of hydrogen-bond donors (Lipinski definition) is 2. The fraction of sp³-hybridized carbons (Fsp3) is 0.300. The van der Waals surface area contributed by atoms with E-state index in [0.717, 1.165) is 0 Å². The normalized spacial score (nSPS) is 11.3. The van der Waals surface area contributed by atoms with Gasteiger partial charge < -0.3 is 10.2 Å². The molecule has 0 aliphatic carbocycles. The van der Waals surface area contributed by atoms with Gasteiger partial charge in [-0.3, -0.25) is 0 Å². The van der Waals surface area contributed by atoms with Crippen LogP contribution in [0, 0.1) is 0 Å². The van der Waals surface area contributed by atoms with Crippen LogP contribution in [0.15, 0.2) is 36.1 Å². The zero-order valence-corrected chi connectivity index (χ0v) is 8.24. The lowest BCUT2D eigenvalue weighted by Gasteiger charge is -1.97. The van der Waals surface area contributed by atoms with Gasteiger partial charge in [-0.15, -0.1) is 0 Å². The molecule has 0 unspecified atom stereocenters. The number of allylic oxidation sites excluding steroid dienone is 3. The molecule has 0 radical (unpaired) electrons. The minimum atomic E-state index is -1.15. The second kappa shape index (κ2) is 8.59. The largest absolute Gasteiger partial charge is 0.507 e. The van der Waals surface area contributed by atoms with E-state index >= 15 is 0 Å². The van der Waals surface area contributed by atoms with Crippen LogP contribution in [0.3, 0.4) is 0 Å². The van der Waals surface area contributed by atoms with E-state index in [9.17, 15) is 4.79 Å². The second-order valence-corrected chi connectivity index (χ2v) is 1.80. The topological polar surface area (TPSA) is 57.5 Å². The van der Waals surface area contributed by atoms with Crippen molar-refractivity contribution >= 4 is 5.97 Å². The first-order chi connectivity index (χ1) is 6.13. The maximum atomic E-state index is 10.3. The smallest absolute Gasteiger partial charge is 0.339 e. The highest BCUT2D eigenvalue weighted by Gasteiger charge is 2.08. The van der Waals surface area contributed by atoms with Crippen molar-refractivity contribution in [1.82, 2.24) is 0 Å². The quantitative estimate of drug-likeness (QED) is 0.402. The number of aliphatic hydroxyl groups is 1. The van der Waals surface area contributed by atoms with Crippen molar-refractivity contribution in [3.8, 4) is 0 Å². The highest BCUT2D eigenvalue weighted by molar-refractivity contribution is 5.90. The Balaban J connectivity index is 0. The van der Waals surface area contributed by atoms with Crippen LogP contribution in [-0.2, 0) is 4.79 Å². The molecular formula is C10H16O3. The highest BCUT2D eigenvalue weighted by atomic mass is 16.4. The van der Waals surface area contributed by atoms with Crippen LogP contribution in [0.2, 0.25) is 0 Å². The predicted molar refractivity (Wildman–Crippen MR) is 53.6 cm³/mol. The lowest BCUT2D eigenvalue weighted by molar-refractivity contribution is -0.132. The summed E-state index contributed by atoms with van der Waals surface area (Å²) in [5.41, 5.74) is -0.120. The van der Waals surface area contributed by atoms with Gasteiger partial charge in [0.15, 0.2) is 0 Å². The summed E-state index contributed by atoms with van der Waals surface area (Å²) in [4.78, 5) is 10.3. The van der Waals surface area contributed by atoms with Crippen LogP contribution in [0.1, 0.15) is 20.8 Å². The lowest BCUT2D eigenvalue weighted by atomic mass is 10.2. The fourth-order valence-electron chi connectivity index (χ4n) is 0.582. The van der Waals surface area contributed by atoms with Crippen molar-refractivity contribution in [2.24, 2.45) is 0 Å². The molecule has 0 atom stereocenters. The molecule has 0 amide bonds. The summed E-state index contributed by atoms with van der Waals surface area (Å²) >= 11 is 0. The summed E-state index contributed by atoms with van der Waals surface area (Å²) in [5, 5.41) is 17.5. The third kappa shape index (κ3) is 5.73. The molecule has 0 fully saturated rings. The average Bonchev–Trinajstić information content (AvgIpc) is 2.09. The molecule has 0 aromatic carbocycles. The molecule has 0 saturated heterocycles. The molecule has 0 saturated carbocycles. The monoisotopic (exact) mass is 184 g/mol. The van der Waals surface area contributed by atoms with Gasteiger partial charge in [-0.2, -0.15) is 0 Å². The third-order valence-corrected chi connectivity index (χ3v) is 1.07. The predicted octanol–water partition coefficient (Wildman–Crippen LogP) is 2.67. The van der Waals surface area contributed by atoms with Crippen LogP contribution >= 0.6 is 0 Å². The van der Waals surface area contributed by atoms with E-state index in [1.165, 1.54) is 25.2 Å². The van der Waals surface area contributed by atoms with Gasteiger partial charge in [0.05, 0.1) is 5.57 Å². The molecule has 0 aliphatic rings. The zero-order chi connectivity index (χ0) is 10.9. The first-order valence-corrected chi connectivity index (χ1v) is 4.05. The molecule has 74 valence electrons. The molecule has 0 aromatic rings. The van der Waals surface area contributed by atoms with Gasteiger partial charge in [-0.05, 0) is 13.0 Å². The second-order valence-electron chi connectivity index (χ2n) is 1.80. The fourth-order valence-corrected chi connectivity index (χ4v) is 0.582. The summed E-state index contributed by atoms with van der Waals surface area (Å²) in [5.74, 6) is -1.43. The Morgan fingerprint density at radius 2 is 1.77 bits per heavy atom. The summed E-state index contributed by atoms with van der Waals surface area (Å²) in [6.07, 6.45) is 3.86. The Morgan fingerprint density at radius 1 is 1.31 bits per heavy atom. The minimum absolute atomic E-state index is 0.120. The van der Waals surface area contributed by atoms with Crippen molar-refractivity contribution in [3.05, 3.63) is 36.1 Å². The molecule has 13 heavy (non-hydrogen) atoms. The van der Waals surface area contributed by atoms with E-state index < -0.39 is 5.97 Å². The van der Waals surface area contributed by atoms with Crippen LogP contribution in [-0.4, -0.2) is 16.2 Å². The van der Waals surface area contributed by atoms with Crippen LogP contribution in [0.25, 0.3) is 0 Å². The number of carboxylic acids is 1. The molecule has 0 aromatic heterocycles. The number of aliphatic carboxylic acids is 1. The molecule has 0 spiro atoms. The van der Waals surface area contributed by atoms with Crippen molar-refractivity contribution < 1.29 is 15.0 Å². The Bertz CT molecular complexity index is 224. The standard InChI is InChI=1S/C8H10O3.C2H6/c1-3-5-7(9)6(4-2)8(10)11;1-2/h3-5,9H,1H2,2H3,(H,10,11);1-2H3/b6-4+,7-5+;. The van der Waals surface area contributed by atoms with Gasteiger partial charge in [0.2, 0.25) is 0 Å². The van der Waals surface area contributed by atoms with Gasteiger partial charge in [0.1, 0.15) is 5.76 Å². The summed E-state index contributed by atoms with van der Waals surface area (Å²) in [6.45, 7) is 8.86. The van der Waals surface area contributed by atoms with Crippen LogP contribution in [0.5, 0.6) is 0 Å². The van der Waals surface area contributed by atoms with Gasteiger partial charge >= 0.3 is 5.97 Å². The van der Waals surface area contributed by atoms with Gasteiger partial charge in [-0.25, -0.2) is 4.79 Å². The Hall–Kier alpha value is -1.51. The van der Waals surface area contributed by atoms with E-state index in [-0.39, 0.29) is 11.3 Å². The molecule has 0 heterocycles. The maximum absolute atomic E-state index is 10.3. The molecular weight excluding hydrogens is 168 g/mol. The van der Waals surface area contributed by atoms with Gasteiger partial charge in [0.25, 0.3) is 0 Å². The molecule has 0 aliphatic heterocycles. The summed E-state index contributed by atoms with van der Waals surface area (Å²) in [7, 11) is 0. The molecule has 3 nitrogen and oxygen atoms in total. The SMILES string of the molecule is C=C/C=C(O)\C(=C/C)C(=O)O.CC. The number of carboxylic acid groups (broad SMARTS) is 1. The van der Waals surface area contributed by atoms with Crippen LogP contribution < -0.4 is 0 Å². The zero-order valence-electron chi connectivity index (χ0n) is 8.24. The Morgan fingerprint density at radius 3 is 2.00 bits per heavy atom. The molecule has 0 bridgehead atoms. The van der Waals surface area contributed by atoms with Crippen molar-refractivity contribution in [3.63, 3.8) is 0 Å². The number of rotatable bonds is 3. The average molecular weight is 184 g/mol. The summed E-state index contributed by atoms with van der Waals surface area (Å²) in [6, 6.07) is 0. The molecule has 0 rings (SSSR count). The van der Waals surface area contributed by atoms with E-state index in [4.69, 9.17) is 10.2 Å². The number of carbonyl (C=O) groups is 1. The highest BCUT2D eigenvalue weighted by Crippen LogP contribution is 2.05. The van der Waals surface area contributed by atoms with E-state index in [2.05, 4.69) is 6.58 Å². The molecule has 3 heteroatoms. The number of hydrogen-bond acceptors (Lipinski definition) is 2. The molecule has 2 N–H and O–H groups in total. The Labute approximate surface area is 78.7 Å². The van der Waals surface area contributed by atoms with E-state index in [1.54, 1.807) is 0 Å². The van der Waals surface area contributed by atoms with Crippen molar-refractivity contribution in [2.45, 2.75) is 20.8 Å². The first kappa shape index (κ1) is 14.0. The van der Waals surface area contributed by atoms with E-state index in [1.807, 2.05) is 13.8 Å². The number of aliphatic hydroxyl groups excluding tert-OH is 1. The minimum Gasteiger partial charge on any atom is -0.507 e. The van der Waals surface area contributed by atoms with Crippen LogP contribution in [0.4, 0.5) is 0 Å². The van der Waals surface area contributed by atoms with Gasteiger partial charge in [0, 0.05) is 0 Å². The Kier molecular flexibility index (Phi) is 9.27. The first-order valence-electron chi connectivity index (χ1n) is 4.05. The van der Waals surface area contributed by atoms with E-state index in [0.29, 0.717) is 0 Å². The van der Waals surface area contributed by atoms with Crippen molar-refractivity contribution in [2.75, 3.05) is 0 Å². The van der Waals surface area contributed by atoms with Crippen molar-refractivity contribution in [1.29, 1.82) is 0 Å². The summed E-state index contributed by atoms with van der Waals surface area (Å²) < 4.78 is 0. The lowest BCUT2D eigenvalue weighted by Crippen LogP contribution is -2.02.